The minimum atomic E-state index is -0.994. The minimum absolute atomic E-state index is 0.0494. The van der Waals surface area contributed by atoms with E-state index in [0.29, 0.717) is 16.3 Å². The molecule has 0 unspecified atom stereocenters. The number of phenols is 1. The number of anilines is 1. The Bertz CT molecular complexity index is 748. The van der Waals surface area contributed by atoms with E-state index in [-0.39, 0.29) is 36.8 Å². The van der Waals surface area contributed by atoms with Gasteiger partial charge < -0.3 is 20.3 Å². The number of rotatable bonds is 7. The quantitative estimate of drug-likeness (QED) is 0.667. The van der Waals surface area contributed by atoms with Gasteiger partial charge in [0.15, 0.2) is 0 Å². The van der Waals surface area contributed by atoms with Crippen molar-refractivity contribution in [3.05, 3.63) is 53.1 Å². The van der Waals surface area contributed by atoms with Crippen molar-refractivity contribution in [3.63, 3.8) is 0 Å². The van der Waals surface area contributed by atoms with E-state index in [1.54, 1.807) is 24.3 Å². The lowest BCUT2D eigenvalue weighted by Gasteiger charge is -2.10. The largest absolute Gasteiger partial charge is 0.506 e. The summed E-state index contributed by atoms with van der Waals surface area (Å²) in [5.41, 5.74) is 0.638. The number of halogens is 1. The third kappa shape index (κ3) is 5.17. The van der Waals surface area contributed by atoms with E-state index in [1.807, 2.05) is 0 Å². The molecule has 2 aromatic rings. The molecule has 2 aromatic carbocycles. The number of phenolic OH excluding ortho intramolecular Hbond substituents is 1. The van der Waals surface area contributed by atoms with Crippen LogP contribution in [-0.4, -0.2) is 28.7 Å². The Morgan fingerprint density at radius 3 is 2.62 bits per heavy atom. The number of para-hydroxylation sites is 1. The number of hydrogen-bond donors (Lipinski definition) is 3. The van der Waals surface area contributed by atoms with Crippen LogP contribution in [0, 0.1) is 0 Å². The first-order valence-electron chi connectivity index (χ1n) is 7.16. The summed E-state index contributed by atoms with van der Waals surface area (Å²) in [4.78, 5) is 22.6. The van der Waals surface area contributed by atoms with Crippen molar-refractivity contribution in [3.8, 4) is 11.5 Å². The van der Waals surface area contributed by atoms with E-state index in [2.05, 4.69) is 5.32 Å². The highest BCUT2D eigenvalue weighted by molar-refractivity contribution is 6.32. The number of aromatic hydroxyl groups is 1. The maximum absolute atomic E-state index is 11.9. The Morgan fingerprint density at radius 1 is 1.17 bits per heavy atom. The summed E-state index contributed by atoms with van der Waals surface area (Å²) in [5.74, 6) is -1.02. The van der Waals surface area contributed by atoms with Crippen LogP contribution >= 0.6 is 11.6 Å². The van der Waals surface area contributed by atoms with Gasteiger partial charge in [0.05, 0.1) is 30.2 Å². The van der Waals surface area contributed by atoms with Gasteiger partial charge in [-0.25, -0.2) is 0 Å². The first kappa shape index (κ1) is 17.6. The summed E-state index contributed by atoms with van der Waals surface area (Å²) in [6, 6.07) is 11.2. The van der Waals surface area contributed by atoms with Crippen molar-refractivity contribution in [1.29, 1.82) is 0 Å². The van der Waals surface area contributed by atoms with E-state index < -0.39 is 5.97 Å². The number of carboxylic acids is 1. The average molecular weight is 350 g/mol. The molecule has 0 aliphatic heterocycles. The summed E-state index contributed by atoms with van der Waals surface area (Å²) in [6.45, 7) is 0.116. The van der Waals surface area contributed by atoms with Crippen molar-refractivity contribution in [2.24, 2.45) is 0 Å². The van der Waals surface area contributed by atoms with E-state index in [1.165, 1.54) is 18.2 Å². The molecule has 0 saturated heterocycles. The SMILES string of the molecule is O=C(O)Cc1ccc(O)c(NC(=O)CCOc2ccccc2Cl)c1. The lowest BCUT2D eigenvalue weighted by Crippen LogP contribution is -2.15. The Kier molecular flexibility index (Phi) is 6.03. The van der Waals surface area contributed by atoms with Crippen molar-refractivity contribution in [1.82, 2.24) is 0 Å². The normalized spacial score (nSPS) is 10.2. The summed E-state index contributed by atoms with van der Waals surface area (Å²) in [6.07, 6.45) is -0.146. The van der Waals surface area contributed by atoms with E-state index in [0.717, 1.165) is 0 Å². The Balaban J connectivity index is 1.90. The molecule has 6 nitrogen and oxygen atoms in total. The number of amides is 1. The van der Waals surface area contributed by atoms with Crippen molar-refractivity contribution < 1.29 is 24.5 Å². The minimum Gasteiger partial charge on any atom is -0.506 e. The van der Waals surface area contributed by atoms with Crippen LogP contribution in [0.25, 0.3) is 0 Å². The summed E-state index contributed by atoms with van der Waals surface area (Å²) >= 11 is 5.94. The smallest absolute Gasteiger partial charge is 0.307 e. The first-order chi connectivity index (χ1) is 11.5. The number of carboxylic acid groups (broad SMARTS) is 1. The van der Waals surface area contributed by atoms with Gasteiger partial charge in [0.2, 0.25) is 5.91 Å². The fourth-order valence-electron chi connectivity index (χ4n) is 2.00. The van der Waals surface area contributed by atoms with E-state index >= 15 is 0 Å². The van der Waals surface area contributed by atoms with Gasteiger partial charge in [-0.15, -0.1) is 0 Å². The highest BCUT2D eigenvalue weighted by atomic mass is 35.5. The number of carbonyl (C=O) groups excluding carboxylic acids is 1. The molecule has 3 N–H and O–H groups in total. The first-order valence-corrected chi connectivity index (χ1v) is 7.54. The second-order valence-electron chi connectivity index (χ2n) is 5.00. The van der Waals surface area contributed by atoms with E-state index in [4.69, 9.17) is 21.4 Å². The molecular formula is C17H16ClNO5. The van der Waals surface area contributed by atoms with Crippen LogP contribution in [0.3, 0.4) is 0 Å². The van der Waals surface area contributed by atoms with Gasteiger partial charge in [0, 0.05) is 0 Å². The number of ether oxygens (including phenoxy) is 1. The molecule has 0 aliphatic carbocycles. The molecule has 0 saturated carbocycles. The van der Waals surface area contributed by atoms with Crippen LogP contribution in [-0.2, 0) is 16.0 Å². The molecule has 0 radical (unpaired) electrons. The summed E-state index contributed by atoms with van der Waals surface area (Å²) in [7, 11) is 0. The van der Waals surface area contributed by atoms with Gasteiger partial charge in [0.1, 0.15) is 11.5 Å². The predicted molar refractivity (Wildman–Crippen MR) is 89.6 cm³/mol. The summed E-state index contributed by atoms with van der Waals surface area (Å²) in [5, 5.41) is 21.5. The standard InChI is InChI=1S/C17H16ClNO5/c18-12-3-1-2-4-15(12)24-8-7-16(21)19-13-9-11(10-17(22)23)5-6-14(13)20/h1-6,9,20H,7-8,10H2,(H,19,21)(H,22,23). The molecule has 7 heteroatoms. The Morgan fingerprint density at radius 2 is 1.92 bits per heavy atom. The molecule has 126 valence electrons. The molecule has 0 aliphatic rings. The average Bonchev–Trinajstić information content (AvgIpc) is 2.52. The lowest BCUT2D eigenvalue weighted by atomic mass is 10.1. The van der Waals surface area contributed by atoms with Crippen molar-refractivity contribution >= 4 is 29.2 Å². The second kappa shape index (κ2) is 8.21. The highest BCUT2D eigenvalue weighted by Gasteiger charge is 2.10. The maximum atomic E-state index is 11.9. The van der Waals surface area contributed by atoms with Gasteiger partial charge in [0.25, 0.3) is 0 Å². The van der Waals surface area contributed by atoms with Gasteiger partial charge in [-0.1, -0.05) is 29.8 Å². The zero-order valence-electron chi connectivity index (χ0n) is 12.7. The monoisotopic (exact) mass is 349 g/mol. The van der Waals surface area contributed by atoms with Crippen LogP contribution in [0.5, 0.6) is 11.5 Å². The number of benzene rings is 2. The molecule has 0 fully saturated rings. The molecule has 0 atom stereocenters. The van der Waals surface area contributed by atoms with Gasteiger partial charge in [-0.05, 0) is 29.8 Å². The molecule has 2 rings (SSSR count). The Hall–Kier alpha value is -2.73. The predicted octanol–water partition coefficient (Wildman–Crippen LogP) is 3.08. The van der Waals surface area contributed by atoms with E-state index in [9.17, 15) is 14.7 Å². The van der Waals surface area contributed by atoms with Crippen LogP contribution in [0.1, 0.15) is 12.0 Å². The number of aliphatic carboxylic acids is 1. The van der Waals surface area contributed by atoms with Crippen molar-refractivity contribution in [2.75, 3.05) is 11.9 Å². The third-order valence-electron chi connectivity index (χ3n) is 3.11. The van der Waals surface area contributed by atoms with Crippen molar-refractivity contribution in [2.45, 2.75) is 12.8 Å². The zero-order chi connectivity index (χ0) is 17.5. The van der Waals surface area contributed by atoms with Gasteiger partial charge in [-0.2, -0.15) is 0 Å². The molecule has 0 spiro atoms. The van der Waals surface area contributed by atoms with Gasteiger partial charge >= 0.3 is 5.97 Å². The van der Waals surface area contributed by atoms with Crippen LogP contribution in [0.15, 0.2) is 42.5 Å². The number of hydrogen-bond acceptors (Lipinski definition) is 4. The Labute approximate surface area is 143 Å². The fourth-order valence-corrected chi connectivity index (χ4v) is 2.19. The fraction of sp³-hybridized carbons (Fsp3) is 0.176. The number of nitrogens with one attached hydrogen (secondary N) is 1. The highest BCUT2D eigenvalue weighted by Crippen LogP contribution is 2.25. The summed E-state index contributed by atoms with van der Waals surface area (Å²) < 4.78 is 5.42. The molecule has 1 amide bonds. The third-order valence-corrected chi connectivity index (χ3v) is 3.43. The zero-order valence-corrected chi connectivity index (χ0v) is 13.4. The lowest BCUT2D eigenvalue weighted by molar-refractivity contribution is -0.136. The molecule has 24 heavy (non-hydrogen) atoms. The molecular weight excluding hydrogens is 334 g/mol. The topological polar surface area (TPSA) is 95.9 Å². The number of carbonyl (C=O) groups is 2. The molecule has 0 heterocycles. The van der Waals surface area contributed by atoms with Crippen LogP contribution < -0.4 is 10.1 Å². The molecule has 0 aromatic heterocycles. The second-order valence-corrected chi connectivity index (χ2v) is 5.41. The van der Waals surface area contributed by atoms with Crippen LogP contribution in [0.2, 0.25) is 5.02 Å². The maximum Gasteiger partial charge on any atom is 0.307 e. The molecule has 0 bridgehead atoms. The van der Waals surface area contributed by atoms with Crippen LogP contribution in [0.4, 0.5) is 5.69 Å². The van der Waals surface area contributed by atoms with Gasteiger partial charge in [-0.3, -0.25) is 9.59 Å².